The Morgan fingerprint density at radius 2 is 1.14 bits per heavy atom. The van der Waals surface area contributed by atoms with Gasteiger partial charge in [0.25, 0.3) is 0 Å². The molecule has 10 rings (SSSR count). The molecular weight excluding hydrogens is 609 g/mol. The van der Waals surface area contributed by atoms with Gasteiger partial charge in [-0.1, -0.05) is 133 Å². The molecule has 0 aliphatic carbocycles. The van der Waals surface area contributed by atoms with Crippen molar-refractivity contribution < 1.29 is 0 Å². The van der Waals surface area contributed by atoms with Crippen LogP contribution < -0.4 is 5.32 Å². The zero-order valence-corrected chi connectivity index (χ0v) is 27.1. The molecule has 1 aliphatic heterocycles. The summed E-state index contributed by atoms with van der Waals surface area (Å²) < 4.78 is 0. The first-order valence-corrected chi connectivity index (χ1v) is 17.0. The summed E-state index contributed by atoms with van der Waals surface area (Å²) in [5.41, 5.74) is 13.3. The van der Waals surface area contributed by atoms with Crippen molar-refractivity contribution in [1.29, 1.82) is 0 Å². The highest BCUT2D eigenvalue weighted by atomic mass is 14.9. The molecule has 6 aromatic carbocycles. The third-order valence-corrected chi connectivity index (χ3v) is 9.88. The van der Waals surface area contributed by atoms with Gasteiger partial charge in [-0.05, 0) is 52.2 Å². The lowest BCUT2D eigenvalue weighted by atomic mass is 9.93. The summed E-state index contributed by atoms with van der Waals surface area (Å²) in [5.74, 6) is 0. The summed E-state index contributed by atoms with van der Waals surface area (Å²) in [6.07, 6.45) is 2.27. The first-order valence-electron chi connectivity index (χ1n) is 17.0. The van der Waals surface area contributed by atoms with E-state index in [1.807, 2.05) is 12.1 Å². The number of pyridine rings is 3. The highest BCUT2D eigenvalue weighted by Gasteiger charge is 2.20. The standard InChI is InChI=1S/C46H30N4/c1-2-12-30(13-3-1)42-26-38(41-24-21-31-14-7-9-20-40(31)48-41)36-22-23-37-39(43-25-32-15-4-5-16-33(32)28-47-43)27-44(50-46(37)45(36)49-42)35-19-10-17-29-11-6-8-18-34(29)35/h1-27,47H,28H2. The zero-order valence-electron chi connectivity index (χ0n) is 27.1. The van der Waals surface area contributed by atoms with Crippen LogP contribution in [0.5, 0.6) is 0 Å². The number of para-hydroxylation sites is 1. The van der Waals surface area contributed by atoms with Crippen molar-refractivity contribution in [3.05, 3.63) is 174 Å². The minimum Gasteiger partial charge on any atom is -0.380 e. The largest absolute Gasteiger partial charge is 0.380 e. The Morgan fingerprint density at radius 3 is 2.04 bits per heavy atom. The maximum absolute atomic E-state index is 5.51. The van der Waals surface area contributed by atoms with Gasteiger partial charge in [0.1, 0.15) is 0 Å². The second-order valence-corrected chi connectivity index (χ2v) is 12.9. The predicted molar refractivity (Wildman–Crippen MR) is 207 cm³/mol. The van der Waals surface area contributed by atoms with Gasteiger partial charge >= 0.3 is 0 Å². The summed E-state index contributed by atoms with van der Waals surface area (Å²) in [6, 6.07) is 55.4. The summed E-state index contributed by atoms with van der Waals surface area (Å²) in [4.78, 5) is 16.1. The fourth-order valence-electron chi connectivity index (χ4n) is 7.38. The molecule has 4 heterocycles. The summed E-state index contributed by atoms with van der Waals surface area (Å²) in [5, 5.41) is 9.28. The topological polar surface area (TPSA) is 50.7 Å². The molecule has 0 bridgehead atoms. The van der Waals surface area contributed by atoms with Crippen LogP contribution in [0.4, 0.5) is 0 Å². The highest BCUT2D eigenvalue weighted by Crippen LogP contribution is 2.40. The van der Waals surface area contributed by atoms with E-state index in [2.05, 4.69) is 157 Å². The Kier molecular flexibility index (Phi) is 6.53. The van der Waals surface area contributed by atoms with Crippen molar-refractivity contribution in [1.82, 2.24) is 20.3 Å². The average molecular weight is 639 g/mol. The number of rotatable bonds is 4. The summed E-state index contributed by atoms with van der Waals surface area (Å²) in [7, 11) is 0. The Morgan fingerprint density at radius 1 is 0.440 bits per heavy atom. The molecule has 0 radical (unpaired) electrons. The van der Waals surface area contributed by atoms with Gasteiger partial charge in [-0.3, -0.25) is 0 Å². The van der Waals surface area contributed by atoms with E-state index in [1.165, 1.54) is 21.9 Å². The second-order valence-electron chi connectivity index (χ2n) is 12.9. The Hall–Kier alpha value is -6.65. The van der Waals surface area contributed by atoms with E-state index in [4.69, 9.17) is 15.0 Å². The van der Waals surface area contributed by atoms with Gasteiger partial charge in [-0.15, -0.1) is 0 Å². The lowest BCUT2D eigenvalue weighted by Gasteiger charge is -2.21. The van der Waals surface area contributed by atoms with Crippen molar-refractivity contribution in [2.75, 3.05) is 0 Å². The third-order valence-electron chi connectivity index (χ3n) is 9.88. The van der Waals surface area contributed by atoms with Gasteiger partial charge in [-0.25, -0.2) is 15.0 Å². The van der Waals surface area contributed by atoms with Gasteiger partial charge in [0.15, 0.2) is 0 Å². The molecule has 0 amide bonds. The van der Waals surface area contributed by atoms with Gasteiger partial charge in [0.05, 0.1) is 33.6 Å². The number of aromatic nitrogens is 3. The average Bonchev–Trinajstić information content (AvgIpc) is 3.19. The fraction of sp³-hybridized carbons (Fsp3) is 0.0217. The first-order chi connectivity index (χ1) is 24.8. The monoisotopic (exact) mass is 638 g/mol. The molecule has 0 atom stereocenters. The van der Waals surface area contributed by atoms with E-state index in [-0.39, 0.29) is 0 Å². The number of benzene rings is 6. The van der Waals surface area contributed by atoms with E-state index < -0.39 is 0 Å². The molecule has 234 valence electrons. The van der Waals surface area contributed by atoms with Gasteiger partial charge in [0, 0.05) is 50.7 Å². The van der Waals surface area contributed by atoms with E-state index >= 15 is 0 Å². The highest BCUT2D eigenvalue weighted by molar-refractivity contribution is 6.13. The molecule has 0 saturated carbocycles. The number of hydrogen-bond donors (Lipinski definition) is 1. The molecule has 0 unspecified atom stereocenters. The van der Waals surface area contributed by atoms with E-state index in [0.717, 1.165) is 84.3 Å². The quantitative estimate of drug-likeness (QED) is 0.195. The number of fused-ring (bicyclic) bond motifs is 6. The second kappa shape index (κ2) is 11.5. The van der Waals surface area contributed by atoms with Crippen LogP contribution in [0, 0.1) is 0 Å². The Balaban J connectivity index is 1.31. The van der Waals surface area contributed by atoms with Gasteiger partial charge in [0.2, 0.25) is 0 Å². The maximum Gasteiger partial charge on any atom is 0.0979 e. The predicted octanol–water partition coefficient (Wildman–Crippen LogP) is 11.1. The molecular formula is C46H30N4. The normalized spacial score (nSPS) is 12.6. The molecule has 4 heteroatoms. The molecule has 1 N–H and O–H groups in total. The van der Waals surface area contributed by atoms with Crippen LogP contribution in [-0.2, 0) is 6.54 Å². The van der Waals surface area contributed by atoms with E-state index in [9.17, 15) is 0 Å². The van der Waals surface area contributed by atoms with E-state index in [0.29, 0.717) is 0 Å². The number of hydrogen-bond acceptors (Lipinski definition) is 4. The van der Waals surface area contributed by atoms with Crippen molar-refractivity contribution in [3.63, 3.8) is 0 Å². The molecule has 0 saturated heterocycles. The van der Waals surface area contributed by atoms with Crippen molar-refractivity contribution in [2.45, 2.75) is 6.54 Å². The van der Waals surface area contributed by atoms with Crippen LogP contribution in [0.1, 0.15) is 16.7 Å². The van der Waals surface area contributed by atoms with Crippen LogP contribution in [-0.4, -0.2) is 15.0 Å². The molecule has 1 aliphatic rings. The smallest absolute Gasteiger partial charge is 0.0979 e. The minimum absolute atomic E-state index is 0.761. The Bertz CT molecular complexity index is 2810. The van der Waals surface area contributed by atoms with Crippen LogP contribution in [0.25, 0.3) is 89.0 Å². The molecule has 4 nitrogen and oxygen atoms in total. The molecule has 50 heavy (non-hydrogen) atoms. The van der Waals surface area contributed by atoms with Crippen LogP contribution in [0.2, 0.25) is 0 Å². The van der Waals surface area contributed by atoms with Crippen LogP contribution in [0.15, 0.2) is 158 Å². The molecule has 3 aromatic heterocycles. The maximum atomic E-state index is 5.51. The van der Waals surface area contributed by atoms with Crippen molar-refractivity contribution >= 4 is 55.3 Å². The summed E-state index contributed by atoms with van der Waals surface area (Å²) in [6.45, 7) is 0.761. The third kappa shape index (κ3) is 4.73. The number of nitrogens with one attached hydrogen (secondary N) is 1. The summed E-state index contributed by atoms with van der Waals surface area (Å²) >= 11 is 0. The first kappa shape index (κ1) is 28.4. The van der Waals surface area contributed by atoms with Crippen molar-refractivity contribution in [3.8, 4) is 33.8 Å². The molecule has 9 aromatic rings. The van der Waals surface area contributed by atoms with Crippen molar-refractivity contribution in [2.24, 2.45) is 0 Å². The molecule has 0 spiro atoms. The van der Waals surface area contributed by atoms with Gasteiger partial charge < -0.3 is 5.32 Å². The van der Waals surface area contributed by atoms with Crippen LogP contribution >= 0.6 is 0 Å². The minimum atomic E-state index is 0.761. The van der Waals surface area contributed by atoms with E-state index in [1.54, 1.807) is 0 Å². The Labute approximate surface area is 289 Å². The number of nitrogens with zero attached hydrogens (tertiary/aromatic N) is 3. The SMILES string of the molecule is C1=C(c2cc(-c3cccc4ccccc34)nc3c2ccc2c(-c4ccc5ccccc5n4)cc(-c4ccccc4)nc23)NCc2ccccc21. The van der Waals surface area contributed by atoms with Crippen LogP contribution in [0.3, 0.4) is 0 Å². The molecule has 0 fully saturated rings. The van der Waals surface area contributed by atoms with Gasteiger partial charge in [-0.2, -0.15) is 0 Å². The fourth-order valence-corrected chi connectivity index (χ4v) is 7.38. The lowest BCUT2D eigenvalue weighted by molar-refractivity contribution is 0.880. The zero-order chi connectivity index (χ0) is 33.0. The lowest BCUT2D eigenvalue weighted by Crippen LogP contribution is -2.17.